The predicted octanol–water partition coefficient (Wildman–Crippen LogP) is 3.38. The lowest BCUT2D eigenvalue weighted by Gasteiger charge is -2.19. The van der Waals surface area contributed by atoms with E-state index >= 15 is 0 Å². The Labute approximate surface area is 127 Å². The number of alkyl carbamates (subject to hydrolysis) is 1. The van der Waals surface area contributed by atoms with Crippen molar-refractivity contribution in [3.63, 3.8) is 0 Å². The third-order valence-corrected chi connectivity index (χ3v) is 2.84. The molecule has 1 amide bonds. The van der Waals surface area contributed by atoms with Crippen molar-refractivity contribution in [2.45, 2.75) is 26.4 Å². The van der Waals surface area contributed by atoms with Crippen LogP contribution in [0.4, 0.5) is 19.3 Å². The molecule has 0 fully saturated rings. The number of amides is 1. The van der Waals surface area contributed by atoms with Crippen molar-refractivity contribution in [3.05, 3.63) is 30.0 Å². The highest BCUT2D eigenvalue weighted by molar-refractivity contribution is 5.91. The standard InChI is InChI=1S/C15H19F2N3O2/c1-15(2,3)22-14(21)20-7-6-18-11-8-10(16)12(17)9-4-5-19-13(9)11/h4-5,8,18-19H,6-7H2,1-3H3,(H,20,21). The third kappa shape index (κ3) is 3.87. The van der Waals surface area contributed by atoms with Crippen LogP contribution < -0.4 is 10.6 Å². The third-order valence-electron chi connectivity index (χ3n) is 2.84. The number of fused-ring (bicyclic) bond motifs is 1. The molecule has 0 radical (unpaired) electrons. The lowest BCUT2D eigenvalue weighted by atomic mass is 10.2. The minimum atomic E-state index is -0.922. The van der Waals surface area contributed by atoms with Crippen LogP contribution in [0.2, 0.25) is 0 Å². The van der Waals surface area contributed by atoms with Crippen molar-refractivity contribution in [2.75, 3.05) is 18.4 Å². The van der Waals surface area contributed by atoms with Crippen molar-refractivity contribution >= 4 is 22.7 Å². The Morgan fingerprint density at radius 1 is 1.32 bits per heavy atom. The van der Waals surface area contributed by atoms with Crippen LogP contribution in [0, 0.1) is 11.6 Å². The molecule has 0 aliphatic carbocycles. The van der Waals surface area contributed by atoms with Gasteiger partial charge in [0.2, 0.25) is 0 Å². The summed E-state index contributed by atoms with van der Waals surface area (Å²) in [6.07, 6.45) is 1.02. The van der Waals surface area contributed by atoms with Crippen LogP contribution in [0.25, 0.3) is 10.9 Å². The summed E-state index contributed by atoms with van der Waals surface area (Å²) in [7, 11) is 0. The average Bonchev–Trinajstić information content (AvgIpc) is 2.87. The fraction of sp³-hybridized carbons (Fsp3) is 0.400. The van der Waals surface area contributed by atoms with Gasteiger partial charge in [-0.25, -0.2) is 13.6 Å². The number of benzene rings is 1. The molecule has 2 rings (SSSR count). The molecule has 0 atom stereocenters. The number of carbonyl (C=O) groups is 1. The summed E-state index contributed by atoms with van der Waals surface area (Å²) in [5.41, 5.74) is 0.356. The Morgan fingerprint density at radius 2 is 2.05 bits per heavy atom. The van der Waals surface area contributed by atoms with Crippen LogP contribution in [0.15, 0.2) is 18.3 Å². The molecule has 0 saturated heterocycles. The van der Waals surface area contributed by atoms with E-state index in [4.69, 9.17) is 4.74 Å². The molecule has 0 spiro atoms. The van der Waals surface area contributed by atoms with Gasteiger partial charge in [0.25, 0.3) is 0 Å². The molecule has 0 bridgehead atoms. The quantitative estimate of drug-likeness (QED) is 0.758. The van der Waals surface area contributed by atoms with Gasteiger partial charge in [0.15, 0.2) is 11.6 Å². The van der Waals surface area contributed by atoms with Gasteiger partial charge in [0.05, 0.1) is 11.2 Å². The van der Waals surface area contributed by atoms with Gasteiger partial charge >= 0.3 is 6.09 Å². The minimum absolute atomic E-state index is 0.183. The van der Waals surface area contributed by atoms with Crippen LogP contribution in [0.5, 0.6) is 0 Å². The van der Waals surface area contributed by atoms with Crippen molar-refractivity contribution in [3.8, 4) is 0 Å². The highest BCUT2D eigenvalue weighted by Crippen LogP contribution is 2.26. The summed E-state index contributed by atoms with van der Waals surface area (Å²) in [6.45, 7) is 5.95. The minimum Gasteiger partial charge on any atom is -0.444 e. The number of anilines is 1. The summed E-state index contributed by atoms with van der Waals surface area (Å²) in [6, 6.07) is 2.56. The molecular formula is C15H19F2N3O2. The topological polar surface area (TPSA) is 66.2 Å². The first kappa shape index (κ1) is 16.1. The maximum atomic E-state index is 13.6. The second-order valence-corrected chi connectivity index (χ2v) is 5.84. The van der Waals surface area contributed by atoms with Gasteiger partial charge in [-0.3, -0.25) is 0 Å². The Balaban J connectivity index is 1.92. The van der Waals surface area contributed by atoms with Crippen LogP contribution in [0.1, 0.15) is 20.8 Å². The monoisotopic (exact) mass is 311 g/mol. The number of rotatable bonds is 4. The lowest BCUT2D eigenvalue weighted by Crippen LogP contribution is -2.35. The fourth-order valence-electron chi connectivity index (χ4n) is 1.98. The van der Waals surface area contributed by atoms with Crippen LogP contribution in [-0.4, -0.2) is 29.8 Å². The van der Waals surface area contributed by atoms with E-state index in [1.165, 1.54) is 12.3 Å². The second-order valence-electron chi connectivity index (χ2n) is 5.84. The van der Waals surface area contributed by atoms with Gasteiger partial charge in [-0.2, -0.15) is 0 Å². The largest absolute Gasteiger partial charge is 0.444 e. The van der Waals surface area contributed by atoms with Crippen LogP contribution in [0.3, 0.4) is 0 Å². The number of halogens is 2. The molecule has 0 aliphatic heterocycles. The highest BCUT2D eigenvalue weighted by atomic mass is 19.2. The maximum Gasteiger partial charge on any atom is 0.407 e. The second kappa shape index (κ2) is 6.21. The normalized spacial score (nSPS) is 11.5. The zero-order valence-electron chi connectivity index (χ0n) is 12.7. The molecule has 22 heavy (non-hydrogen) atoms. The molecule has 7 heteroatoms. The van der Waals surface area contributed by atoms with Crippen molar-refractivity contribution in [1.82, 2.24) is 10.3 Å². The van der Waals surface area contributed by atoms with Gasteiger partial charge in [-0.05, 0) is 26.8 Å². The molecule has 0 saturated carbocycles. The van der Waals surface area contributed by atoms with Gasteiger partial charge < -0.3 is 20.4 Å². The Morgan fingerprint density at radius 3 is 2.73 bits per heavy atom. The molecular weight excluding hydrogens is 292 g/mol. The average molecular weight is 311 g/mol. The van der Waals surface area contributed by atoms with Gasteiger partial charge in [0.1, 0.15) is 5.60 Å². The number of H-pyrrole nitrogens is 1. The maximum absolute atomic E-state index is 13.6. The van der Waals surface area contributed by atoms with Crippen molar-refractivity contribution in [2.24, 2.45) is 0 Å². The van der Waals surface area contributed by atoms with Crippen LogP contribution in [-0.2, 0) is 4.74 Å². The molecule has 1 aromatic heterocycles. The molecule has 1 aromatic carbocycles. The number of ether oxygens (including phenoxy) is 1. The summed E-state index contributed by atoms with van der Waals surface area (Å²) in [5.74, 6) is -1.80. The first-order valence-corrected chi connectivity index (χ1v) is 6.94. The molecule has 5 nitrogen and oxygen atoms in total. The molecule has 1 heterocycles. The molecule has 0 aliphatic rings. The van der Waals surface area contributed by atoms with E-state index in [9.17, 15) is 13.6 Å². The number of hydrogen-bond donors (Lipinski definition) is 3. The van der Waals surface area contributed by atoms with Gasteiger partial charge in [-0.1, -0.05) is 0 Å². The van der Waals surface area contributed by atoms with E-state index in [-0.39, 0.29) is 11.9 Å². The van der Waals surface area contributed by atoms with Gasteiger partial charge in [0, 0.05) is 30.7 Å². The number of carbonyl (C=O) groups excluding carboxylic acids is 1. The summed E-state index contributed by atoms with van der Waals surface area (Å²) >= 11 is 0. The lowest BCUT2D eigenvalue weighted by molar-refractivity contribution is 0.0530. The fourth-order valence-corrected chi connectivity index (χ4v) is 1.98. The first-order valence-electron chi connectivity index (χ1n) is 6.94. The van der Waals surface area contributed by atoms with Crippen molar-refractivity contribution in [1.29, 1.82) is 0 Å². The van der Waals surface area contributed by atoms with E-state index in [0.29, 0.717) is 17.7 Å². The first-order chi connectivity index (χ1) is 10.3. The van der Waals surface area contributed by atoms with Crippen LogP contribution >= 0.6 is 0 Å². The number of nitrogens with one attached hydrogen (secondary N) is 3. The SMILES string of the molecule is CC(C)(C)OC(=O)NCCNc1cc(F)c(F)c2cc[nH]c12. The summed E-state index contributed by atoms with van der Waals surface area (Å²) in [5, 5.41) is 5.71. The smallest absolute Gasteiger partial charge is 0.407 e. The van der Waals surface area contributed by atoms with E-state index < -0.39 is 23.3 Å². The number of aromatic amines is 1. The van der Waals surface area contributed by atoms with Gasteiger partial charge in [-0.15, -0.1) is 0 Å². The number of hydrogen-bond acceptors (Lipinski definition) is 3. The van der Waals surface area contributed by atoms with Crippen molar-refractivity contribution < 1.29 is 18.3 Å². The predicted molar refractivity (Wildman–Crippen MR) is 80.9 cm³/mol. The summed E-state index contributed by atoms with van der Waals surface area (Å²) < 4.78 is 32.1. The zero-order valence-corrected chi connectivity index (χ0v) is 12.7. The van der Waals surface area contributed by atoms with E-state index in [2.05, 4.69) is 15.6 Å². The van der Waals surface area contributed by atoms with E-state index in [0.717, 1.165) is 6.07 Å². The summed E-state index contributed by atoms with van der Waals surface area (Å²) in [4.78, 5) is 14.3. The zero-order chi connectivity index (χ0) is 16.3. The molecule has 0 unspecified atom stereocenters. The molecule has 2 aromatic rings. The highest BCUT2D eigenvalue weighted by Gasteiger charge is 2.16. The molecule has 3 N–H and O–H groups in total. The molecule has 120 valence electrons. The number of aromatic nitrogens is 1. The van der Waals surface area contributed by atoms with E-state index in [1.54, 1.807) is 20.8 Å². The Bertz CT molecular complexity index is 677. The Kier molecular flexibility index (Phi) is 4.54. The Hall–Kier alpha value is -2.31. The van der Waals surface area contributed by atoms with E-state index in [1.807, 2.05) is 0 Å².